The molecule has 1 amide bonds. The molecule has 0 aromatic heterocycles. The van der Waals surface area contributed by atoms with Crippen molar-refractivity contribution < 1.29 is 49.3 Å². The molecule has 0 aliphatic carbocycles. The van der Waals surface area contributed by atoms with Gasteiger partial charge in [0.05, 0.1) is 32.0 Å². The molecule has 0 saturated carbocycles. The van der Waals surface area contributed by atoms with Crippen molar-refractivity contribution in [3.8, 4) is 0 Å². The van der Waals surface area contributed by atoms with Gasteiger partial charge in [0.2, 0.25) is 5.91 Å². The quantitative estimate of drug-likeness (QED) is 0.0195. The molecular weight excluding hydrogens is 943 g/mol. The maximum absolute atomic E-state index is 13.0. The molecule has 75 heavy (non-hydrogen) atoms. The molecule has 0 radical (unpaired) electrons. The molecule has 1 rings (SSSR count). The van der Waals surface area contributed by atoms with E-state index in [1.54, 1.807) is 6.08 Å². The Labute approximate surface area is 460 Å². The third kappa shape index (κ3) is 43.4. The van der Waals surface area contributed by atoms with Crippen molar-refractivity contribution in [2.75, 3.05) is 19.8 Å². The van der Waals surface area contributed by atoms with Gasteiger partial charge in [-0.25, -0.2) is 0 Å². The molecule has 6 N–H and O–H groups in total. The smallest absolute Gasteiger partial charge is 0.305 e. The fraction of sp³-hybridized carbons (Fsp3) is 0.875. The van der Waals surface area contributed by atoms with Gasteiger partial charge in [0, 0.05) is 12.8 Å². The van der Waals surface area contributed by atoms with Crippen molar-refractivity contribution in [3.63, 3.8) is 0 Å². The Kier molecular flexibility index (Phi) is 50.9. The number of nitrogens with one attached hydrogen (secondary N) is 1. The van der Waals surface area contributed by atoms with E-state index in [9.17, 15) is 35.1 Å². The number of ether oxygens (including phenoxy) is 3. The van der Waals surface area contributed by atoms with Crippen LogP contribution in [0.4, 0.5) is 0 Å². The predicted molar refractivity (Wildman–Crippen MR) is 311 cm³/mol. The molecule has 7 atom stereocenters. The van der Waals surface area contributed by atoms with E-state index in [1.807, 2.05) is 6.08 Å². The molecule has 1 saturated heterocycles. The van der Waals surface area contributed by atoms with Gasteiger partial charge >= 0.3 is 5.97 Å². The Balaban J connectivity index is 1.99. The lowest BCUT2D eigenvalue weighted by atomic mass is 9.99. The van der Waals surface area contributed by atoms with Gasteiger partial charge in [0.15, 0.2) is 6.29 Å². The lowest BCUT2D eigenvalue weighted by Gasteiger charge is -2.40. The van der Waals surface area contributed by atoms with E-state index < -0.39 is 49.5 Å². The number of hydrogen-bond donors (Lipinski definition) is 6. The van der Waals surface area contributed by atoms with E-state index in [0.29, 0.717) is 19.4 Å². The minimum atomic E-state index is -1.57. The number of unbranched alkanes of at least 4 members (excludes halogenated alkanes) is 37. The van der Waals surface area contributed by atoms with E-state index >= 15 is 0 Å². The third-order valence-electron chi connectivity index (χ3n) is 15.0. The average molecular weight is 1060 g/mol. The zero-order valence-electron chi connectivity index (χ0n) is 48.5. The summed E-state index contributed by atoms with van der Waals surface area (Å²) in [5.41, 5.74) is 0. The number of carbonyl (C=O) groups is 2. The van der Waals surface area contributed by atoms with Gasteiger partial charge < -0.3 is 45.1 Å². The van der Waals surface area contributed by atoms with Crippen LogP contribution in [-0.4, -0.2) is 100 Å². The fourth-order valence-electron chi connectivity index (χ4n) is 9.89. The van der Waals surface area contributed by atoms with E-state index in [-0.39, 0.29) is 18.5 Å². The predicted octanol–water partition coefficient (Wildman–Crippen LogP) is 15.1. The second-order valence-electron chi connectivity index (χ2n) is 22.1. The van der Waals surface area contributed by atoms with E-state index in [1.165, 1.54) is 193 Å². The molecule has 1 aliphatic heterocycles. The number of allylic oxidation sites excluding steroid dienone is 5. The number of carbonyl (C=O) groups excluding carboxylic acids is 2. The number of aliphatic hydroxyl groups is 5. The van der Waals surface area contributed by atoms with Crippen LogP contribution in [-0.2, 0) is 23.8 Å². The molecule has 0 aromatic carbocycles. The summed E-state index contributed by atoms with van der Waals surface area (Å²) in [6, 6.07) is -0.814. The summed E-state index contributed by atoms with van der Waals surface area (Å²) < 4.78 is 16.7. The van der Waals surface area contributed by atoms with Crippen LogP contribution >= 0.6 is 0 Å². The maximum atomic E-state index is 13.0. The molecule has 1 aliphatic rings. The van der Waals surface area contributed by atoms with Crippen LogP contribution in [0.15, 0.2) is 36.5 Å². The second kappa shape index (κ2) is 53.9. The highest BCUT2D eigenvalue weighted by Crippen LogP contribution is 2.23. The van der Waals surface area contributed by atoms with Crippen LogP contribution < -0.4 is 5.32 Å². The third-order valence-corrected chi connectivity index (χ3v) is 15.0. The van der Waals surface area contributed by atoms with Gasteiger partial charge in [-0.1, -0.05) is 237 Å². The van der Waals surface area contributed by atoms with Gasteiger partial charge in [-0.15, -0.1) is 0 Å². The van der Waals surface area contributed by atoms with E-state index in [2.05, 4.69) is 43.5 Å². The minimum Gasteiger partial charge on any atom is -0.466 e. The fourth-order valence-corrected chi connectivity index (χ4v) is 9.89. The highest BCUT2D eigenvalue weighted by Gasteiger charge is 2.44. The zero-order valence-corrected chi connectivity index (χ0v) is 48.5. The van der Waals surface area contributed by atoms with Crippen LogP contribution in [0.2, 0.25) is 0 Å². The number of amides is 1. The first-order valence-corrected chi connectivity index (χ1v) is 31.8. The first-order chi connectivity index (χ1) is 36.7. The summed E-state index contributed by atoms with van der Waals surface area (Å²) in [6.07, 6.45) is 56.9. The Morgan fingerprint density at radius 1 is 0.480 bits per heavy atom. The topological polar surface area (TPSA) is 175 Å². The summed E-state index contributed by atoms with van der Waals surface area (Å²) in [5.74, 6) is -0.200. The van der Waals surface area contributed by atoms with Gasteiger partial charge in [-0.2, -0.15) is 0 Å². The lowest BCUT2D eigenvalue weighted by Crippen LogP contribution is -2.60. The molecule has 1 fully saturated rings. The summed E-state index contributed by atoms with van der Waals surface area (Å²) >= 11 is 0. The number of hydrogen-bond acceptors (Lipinski definition) is 10. The molecule has 0 aromatic rings. The molecule has 1 heterocycles. The van der Waals surface area contributed by atoms with Crippen LogP contribution in [0.3, 0.4) is 0 Å². The number of esters is 1. The summed E-state index contributed by atoms with van der Waals surface area (Å²) in [7, 11) is 0. The molecule has 11 nitrogen and oxygen atoms in total. The van der Waals surface area contributed by atoms with E-state index in [4.69, 9.17) is 14.2 Å². The average Bonchev–Trinajstić information content (AvgIpc) is 3.41. The molecule has 7 unspecified atom stereocenters. The zero-order chi connectivity index (χ0) is 54.5. The van der Waals surface area contributed by atoms with E-state index in [0.717, 1.165) is 77.0 Å². The summed E-state index contributed by atoms with van der Waals surface area (Å²) in [6.45, 7) is 4.31. The summed E-state index contributed by atoms with van der Waals surface area (Å²) in [4.78, 5) is 25.1. The van der Waals surface area contributed by atoms with Crippen LogP contribution in [0.25, 0.3) is 0 Å². The van der Waals surface area contributed by atoms with Crippen LogP contribution in [0.5, 0.6) is 0 Å². The largest absolute Gasteiger partial charge is 0.466 e. The maximum Gasteiger partial charge on any atom is 0.305 e. The van der Waals surface area contributed by atoms with Crippen LogP contribution in [0.1, 0.15) is 296 Å². The normalized spacial score (nSPS) is 18.9. The molecule has 0 bridgehead atoms. The monoisotopic (exact) mass is 1060 g/mol. The number of aliphatic hydroxyl groups excluding tert-OH is 5. The molecule has 0 spiro atoms. The second-order valence-corrected chi connectivity index (χ2v) is 22.1. The SMILES string of the molecule is CCCCCCCC/C=C\CCCCCCCCCC(=O)OCCCCCCCCCCCC/C=C\CCCCCCCCCC(=O)NC(COC1OC(CO)C(O)C(O)C1O)C(O)/C=C/CCCCCCCCC. The van der Waals surface area contributed by atoms with Crippen molar-refractivity contribution in [1.82, 2.24) is 5.32 Å². The van der Waals surface area contributed by atoms with Gasteiger partial charge in [0.1, 0.15) is 24.4 Å². The Bertz CT molecular complexity index is 1340. The van der Waals surface area contributed by atoms with Crippen molar-refractivity contribution in [1.29, 1.82) is 0 Å². The highest BCUT2D eigenvalue weighted by atomic mass is 16.7. The van der Waals surface area contributed by atoms with Crippen molar-refractivity contribution >= 4 is 11.9 Å². The number of rotatable bonds is 55. The first kappa shape index (κ1) is 70.9. The Hall–Kier alpha value is -2.12. The van der Waals surface area contributed by atoms with Gasteiger partial charge in [-0.05, 0) is 83.5 Å². The van der Waals surface area contributed by atoms with Crippen molar-refractivity contribution in [2.24, 2.45) is 0 Å². The Morgan fingerprint density at radius 3 is 1.28 bits per heavy atom. The lowest BCUT2D eigenvalue weighted by molar-refractivity contribution is -0.302. The van der Waals surface area contributed by atoms with Crippen molar-refractivity contribution in [3.05, 3.63) is 36.5 Å². The van der Waals surface area contributed by atoms with Gasteiger partial charge in [-0.3, -0.25) is 9.59 Å². The molecule has 440 valence electrons. The first-order valence-electron chi connectivity index (χ1n) is 31.8. The van der Waals surface area contributed by atoms with Crippen LogP contribution in [0, 0.1) is 0 Å². The molecular formula is C64H119NO10. The van der Waals surface area contributed by atoms with Crippen molar-refractivity contribution in [2.45, 2.75) is 339 Å². The minimum absolute atomic E-state index is 0.00840. The Morgan fingerprint density at radius 2 is 0.853 bits per heavy atom. The highest BCUT2D eigenvalue weighted by molar-refractivity contribution is 5.76. The molecule has 11 heteroatoms. The standard InChI is InChI=1S/C64H119NO10/c1-3-5-7-9-11-13-14-15-16-22-26-29-32-36-40-44-48-52-60(69)73-53-49-45-41-37-33-30-27-24-21-19-17-18-20-23-25-28-31-35-39-43-47-51-59(68)65-56(57(67)50-46-42-38-34-12-10-8-6-4-2)55-74-64-63(72)62(71)61(70)58(54-66)75-64/h15-16,18,20,46,50,56-58,61-64,66-67,70-72H,3-14,17,19,21-45,47-49,51-55H2,1-2H3,(H,65,68)/b16-15-,20-18-,50-46+. The van der Waals surface area contributed by atoms with Gasteiger partial charge in [0.25, 0.3) is 0 Å². The summed E-state index contributed by atoms with van der Waals surface area (Å²) in [5, 5.41) is 54.2.